The van der Waals surface area contributed by atoms with Crippen molar-refractivity contribution in [1.29, 1.82) is 0 Å². The lowest BCUT2D eigenvalue weighted by molar-refractivity contribution is -0.892. The molecule has 7 N–H and O–H groups in total. The normalized spacial score (nSPS) is 13.2. The monoisotopic (exact) mass is 925 g/mol. The predicted octanol–water partition coefficient (Wildman–Crippen LogP) is 5.25. The number of quaternary nitrogens is 5. The van der Waals surface area contributed by atoms with Crippen molar-refractivity contribution >= 4 is 12.1 Å². The van der Waals surface area contributed by atoms with Gasteiger partial charge in [-0.15, -0.1) is 0 Å². The first-order valence-corrected chi connectivity index (χ1v) is 23.3. The second kappa shape index (κ2) is 47.3. The van der Waals surface area contributed by atoms with E-state index in [1.54, 1.807) is 6.92 Å². The number of aliphatic hydroxyl groups is 2. The number of hydrogen-bond donors (Lipinski definition) is 2. The van der Waals surface area contributed by atoms with E-state index < -0.39 is 5.79 Å². The summed E-state index contributed by atoms with van der Waals surface area (Å²) >= 11 is 0. The predicted molar refractivity (Wildman–Crippen MR) is 265 cm³/mol. The van der Waals surface area contributed by atoms with Crippen LogP contribution >= 0.6 is 0 Å². The second-order valence-corrected chi connectivity index (χ2v) is 22.1. The van der Waals surface area contributed by atoms with Crippen LogP contribution in [0.4, 0.5) is 0 Å². The van der Waals surface area contributed by atoms with Gasteiger partial charge in [-0.25, -0.2) is 0 Å². The minimum atomic E-state index is -1.79. The van der Waals surface area contributed by atoms with E-state index >= 15 is 0 Å². The van der Waals surface area contributed by atoms with Crippen molar-refractivity contribution < 1.29 is 75.7 Å². The number of ether oxygens (including phenoxy) is 2. The molecule has 0 aromatic heterocycles. The van der Waals surface area contributed by atoms with Gasteiger partial charge in [-0.3, -0.25) is 4.79 Å². The van der Waals surface area contributed by atoms with Crippen LogP contribution < -0.4 is 5.11 Å². The minimum Gasteiger partial charge on any atom is -0.870 e. The molecule has 0 amide bonds. The van der Waals surface area contributed by atoms with Crippen LogP contribution in [0.15, 0.2) is 0 Å². The van der Waals surface area contributed by atoms with E-state index in [-0.39, 0.29) is 30.8 Å². The van der Waals surface area contributed by atoms with Gasteiger partial charge in [-0.2, -0.15) is 0 Å². The van der Waals surface area contributed by atoms with Gasteiger partial charge in [0.05, 0.1) is 112 Å². The van der Waals surface area contributed by atoms with E-state index in [0.29, 0.717) is 37.7 Å². The molecule has 0 aromatic rings. The standard InChI is InChI=1S/C15H34NO2.C10H22O.C6H15NO2.C6H16NO.C6H14NO.C5H12NO.2H2O/c1-5-6-7-8-9-10-11-12-13-17-15-18-14-16(2,3)4;1-2-3-4-5-6-7-8-9-10-11;1-6(8,9)5-7(2,3)4;2*1-6(8)5-7(2,3)4;1-6(2,3)4-5-7;;/h5-15H2,1-4H3;11H,2-10H2,1H3;8H,5H2,1-4H3;6,8H,5H2,1-4H3;5H2,1-4H3;7H,4H2,1-3H3;2*1H2/q+1;;;3*+1;;/i;;;;;7D;;. The molecule has 2 unspecified atom stereocenters. The fourth-order valence-electron chi connectivity index (χ4n) is 5.58. The van der Waals surface area contributed by atoms with Crippen LogP contribution in [0, 0.1) is 0 Å². The Morgan fingerprint density at radius 2 is 1.10 bits per heavy atom. The molecule has 0 saturated carbocycles. The molecule has 0 aliphatic heterocycles. The van der Waals surface area contributed by atoms with Gasteiger partial charge < -0.3 is 68.1 Å². The van der Waals surface area contributed by atoms with Crippen molar-refractivity contribution in [2.45, 2.75) is 149 Å². The van der Waals surface area contributed by atoms with Crippen molar-refractivity contribution in [1.82, 2.24) is 0 Å². The van der Waals surface area contributed by atoms with Crippen molar-refractivity contribution in [3.63, 3.8) is 0 Å². The van der Waals surface area contributed by atoms with Crippen molar-refractivity contribution in [2.75, 3.05) is 159 Å². The molecule has 0 rings (SSSR count). The number of unbranched alkanes of at least 4 members (excludes halogenated alkanes) is 14. The number of rotatable bonds is 29. The fraction of sp³-hybridized carbons (Fsp3) is 0.958. The number of ketones is 1. The molecule has 0 spiro atoms. The third kappa shape index (κ3) is 120. The van der Waals surface area contributed by atoms with Gasteiger partial charge in [0.25, 0.3) is 0 Å². The number of nitrogens with zero attached hydrogens (tertiary/aromatic N) is 5. The molecule has 0 heterocycles. The lowest BCUT2D eigenvalue weighted by atomic mass is 10.1. The quantitative estimate of drug-likeness (QED) is 0.0333. The molecule has 0 saturated heterocycles. The van der Waals surface area contributed by atoms with Crippen LogP contribution in [-0.4, -0.2) is 236 Å². The zero-order valence-electron chi connectivity index (χ0n) is 47.6. The summed E-state index contributed by atoms with van der Waals surface area (Å²) in [4.78, 5) is 14.3. The summed E-state index contributed by atoms with van der Waals surface area (Å²) in [5.74, 6) is -1.55. The first-order chi connectivity index (χ1) is 28.1. The summed E-state index contributed by atoms with van der Waals surface area (Å²) in [5.41, 5.74) is 0. The molecule has 15 nitrogen and oxygen atoms in total. The van der Waals surface area contributed by atoms with E-state index in [2.05, 4.69) is 67.2 Å². The number of aliphatic hydroxyl groups excluding tert-OH is 1. The highest BCUT2D eigenvalue weighted by Crippen LogP contribution is 2.09. The van der Waals surface area contributed by atoms with Gasteiger partial charge in [0.2, 0.25) is 6.10 Å². The van der Waals surface area contributed by atoms with Gasteiger partial charge in [0.15, 0.2) is 25.9 Å². The molecule has 0 aliphatic rings. The lowest BCUT2D eigenvalue weighted by Crippen LogP contribution is -2.55. The summed E-state index contributed by atoms with van der Waals surface area (Å²) in [6.45, 7) is 14.1. The van der Waals surface area contributed by atoms with Gasteiger partial charge in [0.1, 0.15) is 6.54 Å². The molecule has 2 atom stereocenters. The van der Waals surface area contributed by atoms with E-state index in [4.69, 9.17) is 26.2 Å². The Morgan fingerprint density at radius 3 is 1.30 bits per heavy atom. The zero-order chi connectivity index (χ0) is 50.0. The number of carbonyl (C=O) groups is 1. The molecule has 63 heavy (non-hydrogen) atoms. The SMILES string of the molecule is CC(=O)C[N+](C)(C)C.CC([O-])(O)C[N+](C)(C)C.CC([OH2+])C[N+](C)(C)C.CCCCCCCCCCO.CCCCCCCCCCOCOC[N+](C)(C)C.[2H][O+]=[C-]C[N+](C)(C)C.[H+].[OH-].[OH-]. The van der Waals surface area contributed by atoms with Crippen molar-refractivity contribution in [3.05, 3.63) is 0 Å². The summed E-state index contributed by atoms with van der Waals surface area (Å²) in [6, 6.07) is 0. The van der Waals surface area contributed by atoms with E-state index in [9.17, 15) is 9.90 Å². The summed E-state index contributed by atoms with van der Waals surface area (Å²) in [6.07, 6.45) is 23.6. The largest absolute Gasteiger partial charge is 1.00 e. The number of hydrogen-bond acceptors (Lipinski definition) is 8. The van der Waals surface area contributed by atoms with Crippen LogP contribution in [0.2, 0.25) is 0 Å². The molecule has 0 aromatic carbocycles. The fourth-order valence-corrected chi connectivity index (χ4v) is 5.58. The molecule has 0 aliphatic carbocycles. The molecular weight excluding hydrogens is 807 g/mol. The Balaban J connectivity index is -0.0000000847. The second-order valence-electron chi connectivity index (χ2n) is 22.1. The van der Waals surface area contributed by atoms with E-state index in [1.165, 1.54) is 103 Å². The summed E-state index contributed by atoms with van der Waals surface area (Å²) < 4.78 is 20.8. The molecule has 0 radical (unpaired) electrons. The van der Waals surface area contributed by atoms with E-state index in [1.807, 2.05) is 70.4 Å². The maximum absolute atomic E-state index is 10.7. The number of carbonyl (C=O) groups excluding carboxylic acids is 2. The van der Waals surface area contributed by atoms with Gasteiger partial charge in [0, 0.05) is 45.7 Å². The smallest absolute Gasteiger partial charge is 0.870 e. The van der Waals surface area contributed by atoms with Crippen LogP contribution in [-0.2, 0) is 14.3 Å². The summed E-state index contributed by atoms with van der Waals surface area (Å²) in [7, 11) is 30.3. The van der Waals surface area contributed by atoms with Crippen molar-refractivity contribution in [3.8, 4) is 0 Å². The highest BCUT2D eigenvalue weighted by Gasteiger charge is 2.16. The maximum atomic E-state index is 10.7. The molecular formula is C48H117N5O10+4. The number of Topliss-reactive ketones (excluding diaryl/α,β-unsaturated/α-hetero) is 1. The van der Waals surface area contributed by atoms with Crippen LogP contribution in [0.1, 0.15) is 140 Å². The Bertz CT molecular complexity index is 939. The third-order valence-electron chi connectivity index (χ3n) is 7.62. The molecule has 0 fully saturated rings. The zero-order valence-corrected chi connectivity index (χ0v) is 45.6. The van der Waals surface area contributed by atoms with Gasteiger partial charge in [-0.1, -0.05) is 104 Å². The van der Waals surface area contributed by atoms with Crippen molar-refractivity contribution in [2.24, 2.45) is 0 Å². The van der Waals surface area contributed by atoms with Crippen LogP contribution in [0.5, 0.6) is 0 Å². The van der Waals surface area contributed by atoms with Crippen LogP contribution in [0.25, 0.3) is 0 Å². The topological polar surface area (TPSA) is 203 Å². The first kappa shape index (κ1) is 76.1. The van der Waals surface area contributed by atoms with Gasteiger partial charge >= 0.3 is 2.86 Å². The first-order valence-electron chi connectivity index (χ1n) is 23.8. The third-order valence-corrected chi connectivity index (χ3v) is 7.62. The molecule has 0 bridgehead atoms. The van der Waals surface area contributed by atoms with Crippen LogP contribution in [0.3, 0.4) is 0 Å². The number of likely N-dealkylation sites (N-methyl/N-ethyl adjacent to an activating group) is 4. The minimum absolute atomic E-state index is 0. The average molecular weight is 925 g/mol. The molecule has 15 heteroatoms. The maximum Gasteiger partial charge on any atom is 1.00 e. The van der Waals surface area contributed by atoms with E-state index in [0.717, 1.165) is 37.5 Å². The highest BCUT2D eigenvalue weighted by molar-refractivity contribution is 5.76. The average Bonchev–Trinajstić information content (AvgIpc) is 3.04. The highest BCUT2D eigenvalue weighted by atomic mass is 16.7. The molecule has 390 valence electrons. The van der Waals surface area contributed by atoms with Gasteiger partial charge in [-0.05, 0) is 19.8 Å². The Kier molecular flexibility index (Phi) is 57.2. The Labute approximate surface area is 394 Å². The Morgan fingerprint density at radius 1 is 0.698 bits per heavy atom. The lowest BCUT2D eigenvalue weighted by Gasteiger charge is -2.37. The Hall–Kier alpha value is -1.18. The summed E-state index contributed by atoms with van der Waals surface area (Å²) in [5, 5.41) is 35.2.